The molecule has 0 heterocycles. The minimum Gasteiger partial charge on any atom is -0.359 e. The van der Waals surface area contributed by atoms with E-state index in [0.29, 0.717) is 0 Å². The predicted molar refractivity (Wildman–Crippen MR) is 42.4 cm³/mol. The lowest BCUT2D eigenvalue weighted by molar-refractivity contribution is -0.124. The topological polar surface area (TPSA) is 29.1 Å². The fourth-order valence-corrected chi connectivity index (χ4v) is 0.971. The van der Waals surface area contributed by atoms with Gasteiger partial charge in [-0.3, -0.25) is 4.79 Å². The molecule has 0 aliphatic heterocycles. The summed E-state index contributed by atoms with van der Waals surface area (Å²) in [4.78, 5) is 11.0. The zero-order valence-corrected chi connectivity index (χ0v) is 6.81. The van der Waals surface area contributed by atoms with Crippen LogP contribution in [-0.4, -0.2) is 13.0 Å². The van der Waals surface area contributed by atoms with Gasteiger partial charge < -0.3 is 5.32 Å². The van der Waals surface area contributed by atoms with Crippen LogP contribution < -0.4 is 5.32 Å². The van der Waals surface area contributed by atoms with Gasteiger partial charge in [-0.25, -0.2) is 0 Å². The summed E-state index contributed by atoms with van der Waals surface area (Å²) in [6.45, 7) is 5.73. The summed E-state index contributed by atoms with van der Waals surface area (Å²) in [5, 5.41) is 2.63. The second kappa shape index (κ2) is 5.27. The Morgan fingerprint density at radius 2 is 2.30 bits per heavy atom. The zero-order valence-electron chi connectivity index (χ0n) is 6.81. The highest BCUT2D eigenvalue weighted by molar-refractivity contribution is 5.78. The molecule has 1 amide bonds. The second-order valence-corrected chi connectivity index (χ2v) is 2.36. The van der Waals surface area contributed by atoms with Crippen LogP contribution in [0.25, 0.3) is 0 Å². The Hall–Kier alpha value is -0.530. The molecule has 0 spiro atoms. The van der Waals surface area contributed by atoms with E-state index in [2.05, 4.69) is 12.2 Å². The molecule has 0 aliphatic carbocycles. The number of carbonyl (C=O) groups is 1. The van der Waals surface area contributed by atoms with Gasteiger partial charge in [0.2, 0.25) is 5.91 Å². The van der Waals surface area contributed by atoms with Crippen molar-refractivity contribution in [2.75, 3.05) is 7.05 Å². The number of nitrogens with one attached hydrogen (secondary N) is 1. The van der Waals surface area contributed by atoms with Crippen LogP contribution in [0.5, 0.6) is 0 Å². The first-order valence-electron chi connectivity index (χ1n) is 3.77. The quantitative estimate of drug-likeness (QED) is 0.631. The Kier molecular flexibility index (Phi) is 4.99. The number of carbonyl (C=O) groups excluding carboxylic acids is 1. The molecule has 2 nitrogen and oxygen atoms in total. The van der Waals surface area contributed by atoms with Crippen molar-refractivity contribution < 1.29 is 4.79 Å². The average molecular weight is 142 g/mol. The Labute approximate surface area is 63.0 Å². The van der Waals surface area contributed by atoms with Crippen LogP contribution in [0.1, 0.15) is 26.2 Å². The van der Waals surface area contributed by atoms with Crippen LogP contribution in [0.15, 0.2) is 0 Å². The lowest BCUT2D eigenvalue weighted by Gasteiger charge is -2.10. The van der Waals surface area contributed by atoms with Crippen LogP contribution >= 0.6 is 0 Å². The minimum atomic E-state index is 0.145. The van der Waals surface area contributed by atoms with Crippen molar-refractivity contribution in [3.05, 3.63) is 6.92 Å². The SMILES string of the molecule is [CH2]CCC(CC)C(=O)NC. The van der Waals surface area contributed by atoms with E-state index < -0.39 is 0 Å². The van der Waals surface area contributed by atoms with Gasteiger partial charge in [0.25, 0.3) is 0 Å². The van der Waals surface area contributed by atoms with E-state index in [1.54, 1.807) is 7.05 Å². The third kappa shape index (κ3) is 2.85. The van der Waals surface area contributed by atoms with E-state index in [1.165, 1.54) is 0 Å². The second-order valence-electron chi connectivity index (χ2n) is 2.36. The standard InChI is InChI=1S/C8H16NO/c1-4-6-7(5-2)8(10)9-3/h7H,1,4-6H2,2-3H3,(H,9,10). The molecule has 0 saturated carbocycles. The van der Waals surface area contributed by atoms with E-state index in [1.807, 2.05) is 6.92 Å². The number of hydrogen-bond acceptors (Lipinski definition) is 1. The van der Waals surface area contributed by atoms with E-state index in [-0.39, 0.29) is 11.8 Å². The van der Waals surface area contributed by atoms with E-state index in [9.17, 15) is 4.79 Å². The molecule has 0 fully saturated rings. The summed E-state index contributed by atoms with van der Waals surface area (Å²) in [5.74, 6) is 0.314. The normalized spacial score (nSPS) is 12.7. The van der Waals surface area contributed by atoms with Crippen molar-refractivity contribution in [2.45, 2.75) is 26.2 Å². The van der Waals surface area contributed by atoms with Gasteiger partial charge in [0.1, 0.15) is 0 Å². The van der Waals surface area contributed by atoms with Crippen molar-refractivity contribution in [1.29, 1.82) is 0 Å². The smallest absolute Gasteiger partial charge is 0.222 e. The molecule has 0 aromatic rings. The molecule has 0 bridgehead atoms. The molecule has 1 radical (unpaired) electrons. The Morgan fingerprint density at radius 3 is 2.60 bits per heavy atom. The summed E-state index contributed by atoms with van der Waals surface area (Å²) in [6.07, 6.45) is 2.65. The van der Waals surface area contributed by atoms with Crippen LogP contribution in [0.2, 0.25) is 0 Å². The molecule has 10 heavy (non-hydrogen) atoms. The summed E-state index contributed by atoms with van der Waals surface area (Å²) in [6, 6.07) is 0. The highest BCUT2D eigenvalue weighted by Crippen LogP contribution is 2.09. The van der Waals surface area contributed by atoms with Crippen LogP contribution in [0, 0.1) is 12.8 Å². The predicted octanol–water partition coefficient (Wildman–Crippen LogP) is 1.37. The van der Waals surface area contributed by atoms with Gasteiger partial charge in [-0.15, -0.1) is 0 Å². The monoisotopic (exact) mass is 142 g/mol. The van der Waals surface area contributed by atoms with Crippen LogP contribution in [-0.2, 0) is 4.79 Å². The lowest BCUT2D eigenvalue weighted by Crippen LogP contribution is -2.26. The van der Waals surface area contributed by atoms with Gasteiger partial charge in [-0.1, -0.05) is 20.3 Å². The molecule has 2 heteroatoms. The van der Waals surface area contributed by atoms with Gasteiger partial charge in [-0.05, 0) is 12.8 Å². The van der Waals surface area contributed by atoms with Gasteiger partial charge in [0.15, 0.2) is 0 Å². The van der Waals surface area contributed by atoms with Crippen molar-refractivity contribution in [3.8, 4) is 0 Å². The lowest BCUT2D eigenvalue weighted by atomic mass is 10.0. The van der Waals surface area contributed by atoms with Crippen molar-refractivity contribution >= 4 is 5.91 Å². The highest BCUT2D eigenvalue weighted by atomic mass is 16.1. The molecule has 1 N–H and O–H groups in total. The van der Waals surface area contributed by atoms with Crippen molar-refractivity contribution in [2.24, 2.45) is 5.92 Å². The van der Waals surface area contributed by atoms with Gasteiger partial charge in [0, 0.05) is 13.0 Å². The fraction of sp³-hybridized carbons (Fsp3) is 0.750. The summed E-state index contributed by atoms with van der Waals surface area (Å²) < 4.78 is 0. The van der Waals surface area contributed by atoms with E-state index >= 15 is 0 Å². The summed E-state index contributed by atoms with van der Waals surface area (Å²) in [5.41, 5.74) is 0. The first-order chi connectivity index (χ1) is 4.76. The maximum atomic E-state index is 11.0. The molecule has 1 unspecified atom stereocenters. The molecular weight excluding hydrogens is 126 g/mol. The maximum absolute atomic E-state index is 11.0. The average Bonchev–Trinajstić information content (AvgIpc) is 1.99. The molecule has 59 valence electrons. The van der Waals surface area contributed by atoms with Gasteiger partial charge in [0.05, 0.1) is 0 Å². The number of hydrogen-bond donors (Lipinski definition) is 1. The molecule has 0 saturated heterocycles. The Balaban J connectivity index is 3.68. The van der Waals surface area contributed by atoms with Gasteiger partial charge in [-0.2, -0.15) is 0 Å². The zero-order chi connectivity index (χ0) is 7.98. The molecular formula is C8H16NO. The molecule has 0 aliphatic rings. The summed E-state index contributed by atoms with van der Waals surface area (Å²) in [7, 11) is 1.67. The molecule has 0 aromatic carbocycles. The maximum Gasteiger partial charge on any atom is 0.222 e. The number of amides is 1. The Bertz CT molecular complexity index is 101. The first-order valence-corrected chi connectivity index (χ1v) is 3.77. The molecule has 1 atom stereocenters. The first kappa shape index (κ1) is 9.47. The fourth-order valence-electron chi connectivity index (χ4n) is 0.971. The summed E-state index contributed by atoms with van der Waals surface area (Å²) >= 11 is 0. The largest absolute Gasteiger partial charge is 0.359 e. The minimum absolute atomic E-state index is 0.145. The third-order valence-corrected chi connectivity index (χ3v) is 1.66. The highest BCUT2D eigenvalue weighted by Gasteiger charge is 2.12. The molecule has 0 aromatic heterocycles. The van der Waals surface area contributed by atoms with Crippen LogP contribution in [0.3, 0.4) is 0 Å². The van der Waals surface area contributed by atoms with Crippen LogP contribution in [0.4, 0.5) is 0 Å². The third-order valence-electron chi connectivity index (χ3n) is 1.66. The van der Waals surface area contributed by atoms with E-state index in [0.717, 1.165) is 19.3 Å². The van der Waals surface area contributed by atoms with E-state index in [4.69, 9.17) is 0 Å². The van der Waals surface area contributed by atoms with Crippen molar-refractivity contribution in [1.82, 2.24) is 5.32 Å². The van der Waals surface area contributed by atoms with Gasteiger partial charge >= 0.3 is 0 Å². The number of rotatable bonds is 4. The molecule has 0 rings (SSSR count). The Morgan fingerprint density at radius 1 is 1.70 bits per heavy atom. The van der Waals surface area contributed by atoms with Crippen molar-refractivity contribution in [3.63, 3.8) is 0 Å².